The molecule has 1 aromatic heterocycles. The molecule has 2 aromatic carbocycles. The zero-order chi connectivity index (χ0) is 16.4. The normalized spacial score (nSPS) is 11.0. The summed E-state index contributed by atoms with van der Waals surface area (Å²) in [6.45, 7) is 3.86. The monoisotopic (exact) mass is 310 g/mol. The number of hydrogen-bond donors (Lipinski definition) is 0. The van der Waals surface area contributed by atoms with Crippen LogP contribution in [0.25, 0.3) is 22.3 Å². The van der Waals surface area contributed by atoms with Gasteiger partial charge in [-0.2, -0.15) is 0 Å². The minimum absolute atomic E-state index is 0.00891. The maximum atomic E-state index is 12.4. The van der Waals surface area contributed by atoms with Gasteiger partial charge in [0.2, 0.25) is 0 Å². The van der Waals surface area contributed by atoms with Crippen molar-refractivity contribution in [3.8, 4) is 22.8 Å². The zero-order valence-electron chi connectivity index (χ0n) is 13.3. The Morgan fingerprint density at radius 1 is 1.00 bits per heavy atom. The van der Waals surface area contributed by atoms with Crippen molar-refractivity contribution < 1.29 is 13.9 Å². The largest absolute Gasteiger partial charge is 0.493 e. The lowest BCUT2D eigenvalue weighted by atomic mass is 10.1. The van der Waals surface area contributed by atoms with Crippen molar-refractivity contribution in [1.29, 1.82) is 0 Å². The predicted molar refractivity (Wildman–Crippen MR) is 90.2 cm³/mol. The minimum atomic E-state index is -0.112. The Morgan fingerprint density at radius 3 is 2.39 bits per heavy atom. The highest BCUT2D eigenvalue weighted by molar-refractivity contribution is 5.82. The van der Waals surface area contributed by atoms with Gasteiger partial charge in [-0.25, -0.2) is 0 Å². The lowest BCUT2D eigenvalue weighted by molar-refractivity contribution is 0.230. The molecule has 3 aromatic rings. The second kappa shape index (κ2) is 6.16. The molecule has 0 atom stereocenters. The summed E-state index contributed by atoms with van der Waals surface area (Å²) in [5, 5.41) is 0.470. The van der Waals surface area contributed by atoms with E-state index in [0.29, 0.717) is 28.2 Å². The zero-order valence-corrected chi connectivity index (χ0v) is 13.3. The Labute approximate surface area is 134 Å². The van der Waals surface area contributed by atoms with Gasteiger partial charge in [-0.05, 0) is 19.9 Å². The lowest BCUT2D eigenvalue weighted by Gasteiger charge is -2.14. The van der Waals surface area contributed by atoms with Crippen molar-refractivity contribution in [2.45, 2.75) is 20.0 Å². The molecule has 3 rings (SSSR count). The van der Waals surface area contributed by atoms with Gasteiger partial charge in [-0.15, -0.1) is 0 Å². The third kappa shape index (κ3) is 3.06. The number of rotatable bonds is 4. The van der Waals surface area contributed by atoms with Gasteiger partial charge in [0.1, 0.15) is 11.3 Å². The van der Waals surface area contributed by atoms with Crippen LogP contribution < -0.4 is 14.9 Å². The molecule has 0 saturated carbocycles. The van der Waals surface area contributed by atoms with E-state index in [1.807, 2.05) is 44.2 Å². The molecule has 0 spiro atoms. The second-order valence-electron chi connectivity index (χ2n) is 5.51. The smallest absolute Gasteiger partial charge is 0.193 e. The van der Waals surface area contributed by atoms with Gasteiger partial charge >= 0.3 is 0 Å². The van der Waals surface area contributed by atoms with Crippen LogP contribution in [0, 0.1) is 0 Å². The summed E-state index contributed by atoms with van der Waals surface area (Å²) in [5.41, 5.74) is 1.22. The van der Waals surface area contributed by atoms with Crippen LogP contribution in [0.15, 0.2) is 57.7 Å². The molecule has 23 heavy (non-hydrogen) atoms. The van der Waals surface area contributed by atoms with Crippen LogP contribution in [0.1, 0.15) is 13.8 Å². The predicted octanol–water partition coefficient (Wildman–Crippen LogP) is 4.26. The lowest BCUT2D eigenvalue weighted by Crippen LogP contribution is -2.08. The van der Waals surface area contributed by atoms with Gasteiger partial charge in [0, 0.05) is 17.7 Å². The first-order valence-electron chi connectivity index (χ1n) is 7.46. The summed E-state index contributed by atoms with van der Waals surface area (Å²) in [4.78, 5) is 12.4. The molecule has 4 nitrogen and oxygen atoms in total. The van der Waals surface area contributed by atoms with Gasteiger partial charge in [-0.1, -0.05) is 30.3 Å². The van der Waals surface area contributed by atoms with Crippen LogP contribution in [0.3, 0.4) is 0 Å². The van der Waals surface area contributed by atoms with Crippen molar-refractivity contribution in [1.82, 2.24) is 0 Å². The van der Waals surface area contributed by atoms with Crippen molar-refractivity contribution in [3.05, 3.63) is 58.8 Å². The van der Waals surface area contributed by atoms with E-state index in [1.165, 1.54) is 6.07 Å². The molecule has 0 unspecified atom stereocenters. The molecule has 0 aliphatic carbocycles. The molecule has 0 radical (unpaired) electrons. The molecule has 0 aliphatic heterocycles. The Kier molecular flexibility index (Phi) is 4.06. The first kappa shape index (κ1) is 15.2. The molecule has 0 aliphatic rings. The maximum absolute atomic E-state index is 12.4. The Bertz CT molecular complexity index is 879. The van der Waals surface area contributed by atoms with E-state index in [-0.39, 0.29) is 11.5 Å². The van der Waals surface area contributed by atoms with Gasteiger partial charge in [0.15, 0.2) is 16.9 Å². The van der Waals surface area contributed by atoms with Crippen LogP contribution >= 0.6 is 0 Å². The molecule has 118 valence electrons. The van der Waals surface area contributed by atoms with E-state index in [1.54, 1.807) is 19.2 Å². The standard InChI is InChI=1S/C19H18O4/c1-12(2)22-19-11-17-14(9-18(19)21-3)15(20)10-16(23-17)13-7-5-4-6-8-13/h4-12H,1-3H3. The van der Waals surface area contributed by atoms with Gasteiger partial charge < -0.3 is 13.9 Å². The van der Waals surface area contributed by atoms with Crippen LogP contribution in [0.4, 0.5) is 0 Å². The molecule has 0 amide bonds. The van der Waals surface area contributed by atoms with Crippen LogP contribution in [-0.4, -0.2) is 13.2 Å². The van der Waals surface area contributed by atoms with E-state index in [4.69, 9.17) is 13.9 Å². The van der Waals surface area contributed by atoms with Crippen LogP contribution in [0.2, 0.25) is 0 Å². The number of hydrogen-bond acceptors (Lipinski definition) is 4. The quantitative estimate of drug-likeness (QED) is 0.722. The van der Waals surface area contributed by atoms with Gasteiger partial charge in [0.25, 0.3) is 0 Å². The Hall–Kier alpha value is -2.75. The number of ether oxygens (including phenoxy) is 2. The Morgan fingerprint density at radius 2 is 1.74 bits per heavy atom. The van der Waals surface area contributed by atoms with E-state index in [2.05, 4.69) is 0 Å². The molecule has 0 saturated heterocycles. The molecular weight excluding hydrogens is 292 g/mol. The Balaban J connectivity index is 2.21. The number of benzene rings is 2. The van der Waals surface area contributed by atoms with E-state index < -0.39 is 0 Å². The van der Waals surface area contributed by atoms with Crippen molar-refractivity contribution in [2.24, 2.45) is 0 Å². The molecule has 0 fully saturated rings. The highest BCUT2D eigenvalue weighted by Gasteiger charge is 2.13. The fourth-order valence-electron chi connectivity index (χ4n) is 2.41. The molecule has 0 N–H and O–H groups in total. The topological polar surface area (TPSA) is 48.7 Å². The average molecular weight is 310 g/mol. The summed E-state index contributed by atoms with van der Waals surface area (Å²) in [6.07, 6.45) is -0.00891. The highest BCUT2D eigenvalue weighted by atomic mass is 16.5. The fraction of sp³-hybridized carbons (Fsp3) is 0.211. The van der Waals surface area contributed by atoms with E-state index in [0.717, 1.165) is 5.56 Å². The third-order valence-electron chi connectivity index (χ3n) is 3.43. The van der Waals surface area contributed by atoms with Crippen molar-refractivity contribution in [3.63, 3.8) is 0 Å². The van der Waals surface area contributed by atoms with Crippen molar-refractivity contribution in [2.75, 3.05) is 7.11 Å². The summed E-state index contributed by atoms with van der Waals surface area (Å²) in [5.74, 6) is 1.61. The van der Waals surface area contributed by atoms with E-state index >= 15 is 0 Å². The average Bonchev–Trinajstić information content (AvgIpc) is 2.54. The van der Waals surface area contributed by atoms with Crippen molar-refractivity contribution >= 4 is 11.0 Å². The molecular formula is C19H18O4. The van der Waals surface area contributed by atoms with E-state index in [9.17, 15) is 4.79 Å². The van der Waals surface area contributed by atoms with Crippen LogP contribution in [-0.2, 0) is 0 Å². The summed E-state index contributed by atoms with van der Waals surface area (Å²) < 4.78 is 17.0. The first-order valence-corrected chi connectivity index (χ1v) is 7.46. The fourth-order valence-corrected chi connectivity index (χ4v) is 2.41. The molecule has 4 heteroatoms. The minimum Gasteiger partial charge on any atom is -0.493 e. The van der Waals surface area contributed by atoms with Gasteiger partial charge in [-0.3, -0.25) is 4.79 Å². The summed E-state index contributed by atoms with van der Waals surface area (Å²) >= 11 is 0. The maximum Gasteiger partial charge on any atom is 0.193 e. The highest BCUT2D eigenvalue weighted by Crippen LogP contribution is 2.33. The molecule has 0 bridgehead atoms. The van der Waals surface area contributed by atoms with Gasteiger partial charge in [0.05, 0.1) is 18.6 Å². The number of methoxy groups -OCH3 is 1. The molecule has 1 heterocycles. The number of fused-ring (bicyclic) bond motifs is 1. The SMILES string of the molecule is COc1cc2c(=O)cc(-c3ccccc3)oc2cc1OC(C)C. The summed E-state index contributed by atoms with van der Waals surface area (Å²) in [6, 6.07) is 14.4. The third-order valence-corrected chi connectivity index (χ3v) is 3.43. The second-order valence-corrected chi connectivity index (χ2v) is 5.51. The summed E-state index contributed by atoms with van der Waals surface area (Å²) in [7, 11) is 1.55. The first-order chi connectivity index (χ1) is 11.1. The van der Waals surface area contributed by atoms with Crippen LogP contribution in [0.5, 0.6) is 11.5 Å².